The molecule has 1 fully saturated rings. The van der Waals surface area contributed by atoms with Gasteiger partial charge in [-0.1, -0.05) is 48.5 Å². The molecule has 0 bridgehead atoms. The van der Waals surface area contributed by atoms with Crippen molar-refractivity contribution in [1.29, 1.82) is 0 Å². The average Bonchev–Trinajstić information content (AvgIpc) is 2.86. The van der Waals surface area contributed by atoms with Gasteiger partial charge in [0.2, 0.25) is 10.0 Å². The van der Waals surface area contributed by atoms with Gasteiger partial charge in [-0.25, -0.2) is 8.42 Å². The molecule has 116 valence electrons. The van der Waals surface area contributed by atoms with Gasteiger partial charge in [0.25, 0.3) is 0 Å². The molecule has 0 amide bonds. The summed E-state index contributed by atoms with van der Waals surface area (Å²) in [7, 11) is -3.56. The Bertz CT molecular complexity index is 746. The van der Waals surface area contributed by atoms with Crippen LogP contribution in [0.25, 0.3) is 0 Å². The molecular formula is C17H19NO3S. The van der Waals surface area contributed by atoms with Gasteiger partial charge in [-0.2, -0.15) is 4.31 Å². The Morgan fingerprint density at radius 3 is 2.18 bits per heavy atom. The second kappa shape index (κ2) is 5.50. The molecule has 2 aromatic rings. The Morgan fingerprint density at radius 1 is 1.05 bits per heavy atom. The van der Waals surface area contributed by atoms with Crippen LogP contribution in [0.1, 0.15) is 19.4 Å². The minimum absolute atomic E-state index is 0.294. The molecule has 0 N–H and O–H groups in total. The van der Waals surface area contributed by atoms with Crippen LogP contribution < -0.4 is 0 Å². The maximum Gasteiger partial charge on any atom is 0.245 e. The van der Waals surface area contributed by atoms with Crippen LogP contribution in [-0.2, 0) is 20.4 Å². The first-order valence-electron chi connectivity index (χ1n) is 7.24. The third-order valence-corrected chi connectivity index (χ3v) is 5.94. The molecule has 2 unspecified atom stereocenters. The highest BCUT2D eigenvalue weighted by atomic mass is 32.2. The van der Waals surface area contributed by atoms with Crippen molar-refractivity contribution >= 4 is 10.0 Å². The first kappa shape index (κ1) is 15.2. The Labute approximate surface area is 131 Å². The normalized spacial score (nSPS) is 26.2. The van der Waals surface area contributed by atoms with Crippen LogP contribution in [0.4, 0.5) is 0 Å². The number of ether oxygens (including phenoxy) is 1. The minimum atomic E-state index is -3.56. The second-order valence-electron chi connectivity index (χ2n) is 5.68. The van der Waals surface area contributed by atoms with Crippen LogP contribution in [0, 0.1) is 0 Å². The van der Waals surface area contributed by atoms with E-state index in [1.807, 2.05) is 37.3 Å². The van der Waals surface area contributed by atoms with Crippen LogP contribution in [-0.4, -0.2) is 25.5 Å². The molecule has 3 rings (SSSR count). The zero-order chi connectivity index (χ0) is 15.8. The fourth-order valence-electron chi connectivity index (χ4n) is 2.86. The van der Waals surface area contributed by atoms with Gasteiger partial charge in [0.15, 0.2) is 0 Å². The van der Waals surface area contributed by atoms with Crippen molar-refractivity contribution in [1.82, 2.24) is 4.31 Å². The van der Waals surface area contributed by atoms with Crippen molar-refractivity contribution < 1.29 is 13.2 Å². The molecule has 0 aromatic heterocycles. The summed E-state index contributed by atoms with van der Waals surface area (Å²) in [4.78, 5) is 0.294. The SMILES string of the molecule is CC1OC(C)(c2ccccc2)CN1S(=O)(=O)c1ccccc1. The molecule has 1 heterocycles. The fraction of sp³-hybridized carbons (Fsp3) is 0.294. The third kappa shape index (κ3) is 2.56. The van der Waals surface area contributed by atoms with Gasteiger partial charge in [0, 0.05) is 6.54 Å². The van der Waals surface area contributed by atoms with E-state index in [4.69, 9.17) is 4.74 Å². The predicted molar refractivity (Wildman–Crippen MR) is 84.7 cm³/mol. The highest BCUT2D eigenvalue weighted by Gasteiger charge is 2.46. The van der Waals surface area contributed by atoms with Crippen LogP contribution in [0.3, 0.4) is 0 Å². The molecule has 1 aliphatic rings. The molecule has 1 aliphatic heterocycles. The first-order chi connectivity index (χ1) is 10.4. The zero-order valence-corrected chi connectivity index (χ0v) is 13.5. The number of benzene rings is 2. The maximum absolute atomic E-state index is 12.8. The Kier molecular flexibility index (Phi) is 3.80. The van der Waals surface area contributed by atoms with Gasteiger partial charge >= 0.3 is 0 Å². The molecule has 0 radical (unpaired) electrons. The van der Waals surface area contributed by atoms with Crippen molar-refractivity contribution in [2.75, 3.05) is 6.54 Å². The van der Waals surface area contributed by atoms with Crippen molar-refractivity contribution in [3.05, 3.63) is 66.2 Å². The number of nitrogens with zero attached hydrogens (tertiary/aromatic N) is 1. The van der Waals surface area contributed by atoms with E-state index in [0.717, 1.165) is 5.56 Å². The lowest BCUT2D eigenvalue weighted by atomic mass is 9.97. The van der Waals surface area contributed by atoms with E-state index in [1.54, 1.807) is 37.3 Å². The van der Waals surface area contributed by atoms with Crippen molar-refractivity contribution in [3.8, 4) is 0 Å². The molecule has 0 spiro atoms. The lowest BCUT2D eigenvalue weighted by Crippen LogP contribution is -2.35. The van der Waals surface area contributed by atoms with E-state index >= 15 is 0 Å². The topological polar surface area (TPSA) is 46.6 Å². The molecule has 4 nitrogen and oxygen atoms in total. The van der Waals surface area contributed by atoms with Crippen molar-refractivity contribution in [2.45, 2.75) is 30.6 Å². The molecular weight excluding hydrogens is 298 g/mol. The third-order valence-electron chi connectivity index (χ3n) is 4.03. The maximum atomic E-state index is 12.8. The van der Waals surface area contributed by atoms with Crippen LogP contribution >= 0.6 is 0 Å². The molecule has 0 saturated carbocycles. The summed E-state index contributed by atoms with van der Waals surface area (Å²) in [6, 6.07) is 18.2. The zero-order valence-electron chi connectivity index (χ0n) is 12.6. The van der Waals surface area contributed by atoms with Crippen LogP contribution in [0.15, 0.2) is 65.6 Å². The summed E-state index contributed by atoms with van der Waals surface area (Å²) in [6.45, 7) is 4.00. The van der Waals surface area contributed by atoms with E-state index in [0.29, 0.717) is 11.4 Å². The molecule has 1 saturated heterocycles. The largest absolute Gasteiger partial charge is 0.350 e. The Morgan fingerprint density at radius 2 is 1.59 bits per heavy atom. The van der Waals surface area contributed by atoms with Gasteiger partial charge in [0.05, 0.1) is 4.90 Å². The Balaban J connectivity index is 1.94. The second-order valence-corrected chi connectivity index (χ2v) is 7.57. The van der Waals surface area contributed by atoms with Crippen molar-refractivity contribution in [2.24, 2.45) is 0 Å². The summed E-state index contributed by atoms with van der Waals surface area (Å²) in [5, 5.41) is 0. The van der Waals surface area contributed by atoms with Gasteiger partial charge in [0.1, 0.15) is 11.8 Å². The number of hydrogen-bond donors (Lipinski definition) is 0. The van der Waals surface area contributed by atoms with Gasteiger partial charge in [-0.05, 0) is 31.5 Å². The summed E-state index contributed by atoms with van der Waals surface area (Å²) in [5.41, 5.74) is 0.343. The highest BCUT2D eigenvalue weighted by Crippen LogP contribution is 2.37. The summed E-state index contributed by atoms with van der Waals surface area (Å²) >= 11 is 0. The first-order valence-corrected chi connectivity index (χ1v) is 8.68. The van der Waals surface area contributed by atoms with E-state index in [2.05, 4.69) is 0 Å². The minimum Gasteiger partial charge on any atom is -0.350 e. The van der Waals surface area contributed by atoms with Gasteiger partial charge in [-0.15, -0.1) is 0 Å². The van der Waals surface area contributed by atoms with E-state index in [9.17, 15) is 8.42 Å². The summed E-state index contributed by atoms with van der Waals surface area (Å²) in [6.07, 6.45) is -0.504. The van der Waals surface area contributed by atoms with E-state index in [-0.39, 0.29) is 0 Å². The highest BCUT2D eigenvalue weighted by molar-refractivity contribution is 7.89. The standard InChI is InChI=1S/C17H19NO3S/c1-14-18(22(19,20)16-11-7-4-8-12-16)13-17(2,21-14)15-9-5-3-6-10-15/h3-12,14H,13H2,1-2H3. The molecule has 0 aliphatic carbocycles. The predicted octanol–water partition coefficient (Wildman–Crippen LogP) is 2.97. The van der Waals surface area contributed by atoms with Gasteiger partial charge in [-0.3, -0.25) is 0 Å². The lowest BCUT2D eigenvalue weighted by molar-refractivity contribution is -0.0307. The lowest BCUT2D eigenvalue weighted by Gasteiger charge is -2.23. The molecule has 2 atom stereocenters. The van der Waals surface area contributed by atoms with Crippen molar-refractivity contribution in [3.63, 3.8) is 0 Å². The summed E-state index contributed by atoms with van der Waals surface area (Å²) < 4.78 is 33.0. The average molecular weight is 317 g/mol. The Hall–Kier alpha value is -1.69. The molecule has 22 heavy (non-hydrogen) atoms. The fourth-order valence-corrected chi connectivity index (χ4v) is 4.48. The molecule has 2 aromatic carbocycles. The summed E-state index contributed by atoms with van der Waals surface area (Å²) in [5.74, 6) is 0. The quantitative estimate of drug-likeness (QED) is 0.874. The van der Waals surface area contributed by atoms with E-state index in [1.165, 1.54) is 4.31 Å². The van der Waals surface area contributed by atoms with Crippen LogP contribution in [0.2, 0.25) is 0 Å². The smallest absolute Gasteiger partial charge is 0.245 e. The van der Waals surface area contributed by atoms with E-state index < -0.39 is 21.9 Å². The molecule has 5 heteroatoms. The number of rotatable bonds is 3. The monoisotopic (exact) mass is 317 g/mol. The van der Waals surface area contributed by atoms with Crippen LogP contribution in [0.5, 0.6) is 0 Å². The van der Waals surface area contributed by atoms with Gasteiger partial charge < -0.3 is 4.74 Å². The number of hydrogen-bond acceptors (Lipinski definition) is 3. The number of sulfonamides is 1.